The van der Waals surface area contributed by atoms with E-state index in [1.165, 1.54) is 0 Å². The molecular formula is C18H22N2. The zero-order valence-corrected chi connectivity index (χ0v) is 12.5. The minimum Gasteiger partial charge on any atom is -0.379 e. The number of nitriles is 1. The molecule has 0 fully saturated rings. The van der Waals surface area contributed by atoms with Crippen LogP contribution < -0.4 is 5.32 Å². The van der Waals surface area contributed by atoms with E-state index >= 15 is 0 Å². The number of benzene rings is 2. The molecule has 0 bridgehead atoms. The maximum absolute atomic E-state index is 9.23. The number of nitrogens with zero attached hydrogens (tertiary/aromatic N) is 1. The SMILES string of the molecule is CCC(CC)(CC)Nc1ccc(C#N)c2ccccc12. The van der Waals surface area contributed by atoms with Crippen molar-refractivity contribution in [1.29, 1.82) is 5.26 Å². The first kappa shape index (κ1) is 14.4. The lowest BCUT2D eigenvalue weighted by molar-refractivity contribution is 0.421. The smallest absolute Gasteiger partial charge is 0.0998 e. The Morgan fingerprint density at radius 1 is 0.950 bits per heavy atom. The maximum atomic E-state index is 9.23. The summed E-state index contributed by atoms with van der Waals surface area (Å²) in [4.78, 5) is 0. The van der Waals surface area contributed by atoms with Crippen LogP contribution in [0.2, 0.25) is 0 Å². The highest BCUT2D eigenvalue weighted by molar-refractivity contribution is 5.97. The molecule has 0 saturated carbocycles. The molecule has 0 atom stereocenters. The molecule has 1 N–H and O–H groups in total. The van der Waals surface area contributed by atoms with E-state index in [9.17, 15) is 5.26 Å². The average Bonchev–Trinajstić information content (AvgIpc) is 2.53. The summed E-state index contributed by atoms with van der Waals surface area (Å²) in [6.07, 6.45) is 3.27. The molecule has 2 aromatic carbocycles. The molecule has 104 valence electrons. The van der Waals surface area contributed by atoms with Gasteiger partial charge in [0.1, 0.15) is 0 Å². The van der Waals surface area contributed by atoms with Crippen LogP contribution in [0.4, 0.5) is 5.69 Å². The second-order valence-corrected chi connectivity index (χ2v) is 5.28. The van der Waals surface area contributed by atoms with Gasteiger partial charge in [-0.3, -0.25) is 0 Å². The minimum absolute atomic E-state index is 0.136. The van der Waals surface area contributed by atoms with Gasteiger partial charge in [0.05, 0.1) is 11.6 Å². The topological polar surface area (TPSA) is 35.8 Å². The number of hydrogen-bond donors (Lipinski definition) is 1. The third kappa shape index (κ3) is 2.49. The van der Waals surface area contributed by atoms with E-state index in [0.29, 0.717) is 0 Å². The molecule has 0 aliphatic carbocycles. The van der Waals surface area contributed by atoms with E-state index < -0.39 is 0 Å². The highest BCUT2D eigenvalue weighted by Gasteiger charge is 2.24. The Morgan fingerprint density at radius 3 is 2.10 bits per heavy atom. The third-order valence-electron chi connectivity index (χ3n) is 4.47. The maximum Gasteiger partial charge on any atom is 0.0998 e. The predicted molar refractivity (Wildman–Crippen MR) is 85.9 cm³/mol. The van der Waals surface area contributed by atoms with Gasteiger partial charge in [0, 0.05) is 22.0 Å². The van der Waals surface area contributed by atoms with Crippen LogP contribution >= 0.6 is 0 Å². The summed E-state index contributed by atoms with van der Waals surface area (Å²) in [6, 6.07) is 14.3. The molecule has 0 saturated heterocycles. The minimum atomic E-state index is 0.136. The third-order valence-corrected chi connectivity index (χ3v) is 4.47. The second-order valence-electron chi connectivity index (χ2n) is 5.28. The number of hydrogen-bond acceptors (Lipinski definition) is 2. The Labute approximate surface area is 121 Å². The number of rotatable bonds is 5. The summed E-state index contributed by atoms with van der Waals surface area (Å²) in [5, 5.41) is 15.1. The summed E-state index contributed by atoms with van der Waals surface area (Å²) >= 11 is 0. The van der Waals surface area contributed by atoms with E-state index in [1.54, 1.807) is 0 Å². The first-order valence-corrected chi connectivity index (χ1v) is 7.39. The van der Waals surface area contributed by atoms with E-state index in [2.05, 4.69) is 38.2 Å². The van der Waals surface area contributed by atoms with Crippen LogP contribution in [0.3, 0.4) is 0 Å². The molecule has 2 rings (SSSR count). The van der Waals surface area contributed by atoms with Crippen molar-refractivity contribution in [3.63, 3.8) is 0 Å². The molecule has 0 spiro atoms. The summed E-state index contributed by atoms with van der Waals surface area (Å²) in [5.41, 5.74) is 2.00. The fourth-order valence-electron chi connectivity index (χ4n) is 2.81. The van der Waals surface area contributed by atoms with Crippen LogP contribution in [0.5, 0.6) is 0 Å². The molecule has 0 radical (unpaired) electrons. The Bertz CT molecular complexity index is 625. The zero-order valence-electron chi connectivity index (χ0n) is 12.5. The molecule has 0 unspecified atom stereocenters. The van der Waals surface area contributed by atoms with Crippen LogP contribution in [0.15, 0.2) is 36.4 Å². The quantitative estimate of drug-likeness (QED) is 0.818. The molecule has 0 aliphatic rings. The highest BCUT2D eigenvalue weighted by atomic mass is 15.0. The van der Waals surface area contributed by atoms with Gasteiger partial charge in [0.25, 0.3) is 0 Å². The van der Waals surface area contributed by atoms with Crippen molar-refractivity contribution in [3.8, 4) is 6.07 Å². The van der Waals surface area contributed by atoms with Crippen LogP contribution in [0.1, 0.15) is 45.6 Å². The molecule has 0 heterocycles. The Balaban J connectivity index is 2.54. The van der Waals surface area contributed by atoms with Crippen molar-refractivity contribution in [3.05, 3.63) is 42.0 Å². The van der Waals surface area contributed by atoms with Gasteiger partial charge in [-0.25, -0.2) is 0 Å². The van der Waals surface area contributed by atoms with Crippen molar-refractivity contribution < 1.29 is 0 Å². The normalized spacial score (nSPS) is 11.3. The lowest BCUT2D eigenvalue weighted by atomic mass is 9.89. The first-order chi connectivity index (χ1) is 9.69. The molecule has 20 heavy (non-hydrogen) atoms. The molecule has 0 aromatic heterocycles. The molecule has 2 heteroatoms. The second kappa shape index (κ2) is 5.96. The summed E-state index contributed by atoms with van der Waals surface area (Å²) in [7, 11) is 0. The van der Waals surface area contributed by atoms with Crippen molar-refractivity contribution in [1.82, 2.24) is 0 Å². The molecule has 2 nitrogen and oxygen atoms in total. The van der Waals surface area contributed by atoms with E-state index in [4.69, 9.17) is 0 Å². The Kier molecular flexibility index (Phi) is 4.29. The van der Waals surface area contributed by atoms with Gasteiger partial charge in [-0.2, -0.15) is 5.26 Å². The molecular weight excluding hydrogens is 244 g/mol. The van der Waals surface area contributed by atoms with Gasteiger partial charge in [-0.05, 0) is 31.4 Å². The fourth-order valence-corrected chi connectivity index (χ4v) is 2.81. The van der Waals surface area contributed by atoms with Gasteiger partial charge < -0.3 is 5.32 Å². The fraction of sp³-hybridized carbons (Fsp3) is 0.389. The van der Waals surface area contributed by atoms with Gasteiger partial charge in [0.15, 0.2) is 0 Å². The molecule has 0 aliphatic heterocycles. The van der Waals surface area contributed by atoms with Gasteiger partial charge in [-0.15, -0.1) is 0 Å². The predicted octanol–water partition coefficient (Wildman–Crippen LogP) is 5.09. The van der Waals surface area contributed by atoms with Crippen molar-refractivity contribution in [2.24, 2.45) is 0 Å². The lowest BCUT2D eigenvalue weighted by Crippen LogP contribution is -2.36. The zero-order chi connectivity index (χ0) is 14.6. The van der Waals surface area contributed by atoms with Gasteiger partial charge in [-0.1, -0.05) is 45.0 Å². The van der Waals surface area contributed by atoms with Crippen LogP contribution in [-0.2, 0) is 0 Å². The van der Waals surface area contributed by atoms with E-state index in [-0.39, 0.29) is 5.54 Å². The standard InChI is InChI=1S/C18H22N2/c1-4-18(5-2,6-3)20-17-12-11-14(13-19)15-9-7-8-10-16(15)17/h7-12,20H,4-6H2,1-3H3. The summed E-state index contributed by atoms with van der Waals surface area (Å²) < 4.78 is 0. The molecule has 0 amide bonds. The van der Waals surface area contributed by atoms with E-state index in [1.807, 2.05) is 30.3 Å². The van der Waals surface area contributed by atoms with Crippen LogP contribution in [-0.4, -0.2) is 5.54 Å². The van der Waals surface area contributed by atoms with Crippen LogP contribution in [0, 0.1) is 11.3 Å². The largest absolute Gasteiger partial charge is 0.379 e. The van der Waals surface area contributed by atoms with Crippen molar-refractivity contribution >= 4 is 16.5 Å². The lowest BCUT2D eigenvalue weighted by Gasteiger charge is -2.33. The van der Waals surface area contributed by atoms with Crippen molar-refractivity contribution in [2.75, 3.05) is 5.32 Å². The van der Waals surface area contributed by atoms with Gasteiger partial charge >= 0.3 is 0 Å². The summed E-state index contributed by atoms with van der Waals surface area (Å²) in [5.74, 6) is 0. The number of nitrogens with one attached hydrogen (secondary N) is 1. The molecule has 2 aromatic rings. The summed E-state index contributed by atoms with van der Waals surface area (Å²) in [6.45, 7) is 6.68. The first-order valence-electron chi connectivity index (χ1n) is 7.39. The number of fused-ring (bicyclic) bond motifs is 1. The monoisotopic (exact) mass is 266 g/mol. The highest BCUT2D eigenvalue weighted by Crippen LogP contribution is 2.32. The Morgan fingerprint density at radius 2 is 1.55 bits per heavy atom. The number of anilines is 1. The van der Waals surface area contributed by atoms with E-state index in [0.717, 1.165) is 41.3 Å². The van der Waals surface area contributed by atoms with Crippen molar-refractivity contribution in [2.45, 2.75) is 45.6 Å². The Hall–Kier alpha value is -2.01. The van der Waals surface area contributed by atoms with Gasteiger partial charge in [0.2, 0.25) is 0 Å². The van der Waals surface area contributed by atoms with Crippen LogP contribution in [0.25, 0.3) is 10.8 Å². The average molecular weight is 266 g/mol.